The molecule has 4 aromatic rings. The van der Waals surface area contributed by atoms with Crippen molar-refractivity contribution in [3.8, 4) is 17.1 Å². The van der Waals surface area contributed by atoms with E-state index in [2.05, 4.69) is 6.92 Å². The largest absolute Gasteiger partial charge is 0.493 e. The molecule has 0 aliphatic carbocycles. The van der Waals surface area contributed by atoms with E-state index in [1.807, 2.05) is 47.3 Å². The van der Waals surface area contributed by atoms with Gasteiger partial charge < -0.3 is 24.3 Å². The van der Waals surface area contributed by atoms with Crippen molar-refractivity contribution in [1.82, 2.24) is 9.55 Å². The van der Waals surface area contributed by atoms with Crippen LogP contribution in [0.25, 0.3) is 22.3 Å². The molecule has 0 amide bonds. The Hall–Kier alpha value is -4.08. The van der Waals surface area contributed by atoms with E-state index in [0.29, 0.717) is 35.7 Å². The van der Waals surface area contributed by atoms with Crippen LogP contribution >= 0.6 is 0 Å². The van der Waals surface area contributed by atoms with Crippen LogP contribution < -0.4 is 14.9 Å². The number of hydrogen-bond donors (Lipinski definition) is 2. The summed E-state index contributed by atoms with van der Waals surface area (Å²) in [4.78, 5) is 30.9. The summed E-state index contributed by atoms with van der Waals surface area (Å²) in [7, 11) is 0. The van der Waals surface area contributed by atoms with Crippen molar-refractivity contribution in [3.63, 3.8) is 0 Å². The summed E-state index contributed by atoms with van der Waals surface area (Å²) < 4.78 is 15.0. The summed E-state index contributed by atoms with van der Waals surface area (Å²) in [5, 5.41) is 21.4. The van der Waals surface area contributed by atoms with Crippen LogP contribution in [0.5, 0.6) is 5.75 Å². The van der Waals surface area contributed by atoms with Crippen molar-refractivity contribution in [3.05, 3.63) is 87.0 Å². The Bertz CT molecular complexity index is 1710. The number of esters is 1. The Labute approximate surface area is 231 Å². The van der Waals surface area contributed by atoms with Crippen LogP contribution in [0, 0.1) is 0 Å². The number of aromatic nitrogens is 3. The molecule has 0 radical (unpaired) electrons. The number of aliphatic hydroxyl groups excluding tert-OH is 1. The van der Waals surface area contributed by atoms with E-state index in [4.69, 9.17) is 14.5 Å². The smallest absolute Gasteiger partial charge is 0.343 e. The number of carbonyl (C=O) groups excluding carboxylic acids is 1. The number of hydrogen-bond acceptors (Lipinski definition) is 7. The summed E-state index contributed by atoms with van der Waals surface area (Å²) in [6.45, 7) is 5.34. The first-order chi connectivity index (χ1) is 19.4. The lowest BCUT2D eigenvalue weighted by Gasteiger charge is -2.31. The average molecular weight is 543 g/mol. The fraction of sp³-hybridized carbons (Fsp3) is 0.355. The fourth-order valence-electron chi connectivity index (χ4n) is 5.88. The predicted octanol–water partition coefficient (Wildman–Crippen LogP) is 2.89. The zero-order chi connectivity index (χ0) is 28.0. The van der Waals surface area contributed by atoms with Gasteiger partial charge in [0.15, 0.2) is 24.5 Å². The van der Waals surface area contributed by atoms with Crippen LogP contribution in [0.2, 0.25) is 0 Å². The van der Waals surface area contributed by atoms with Crippen LogP contribution in [0.4, 0.5) is 0 Å². The molecule has 0 spiro atoms. The normalized spacial score (nSPS) is 17.4. The monoisotopic (exact) mass is 542 g/mol. The molecule has 9 heteroatoms. The van der Waals surface area contributed by atoms with Crippen LogP contribution in [-0.4, -0.2) is 32.3 Å². The van der Waals surface area contributed by atoms with Gasteiger partial charge in [-0.2, -0.15) is 0 Å². The molecule has 2 aliphatic rings. The zero-order valence-corrected chi connectivity index (χ0v) is 22.6. The van der Waals surface area contributed by atoms with E-state index in [1.54, 1.807) is 17.6 Å². The van der Waals surface area contributed by atoms with Gasteiger partial charge in [-0.05, 0) is 48.7 Å². The number of carbonyl (C=O) groups is 1. The molecule has 1 aromatic carbocycles. The standard InChI is InChI=1S/C31H32N3O6/c1-3-21-22-13-20(39-12-6-11-33-10-5-7-19(15-33)17-35)8-9-26(22)32-28-23(21)16-34-27(28)14-25-24(29(34)36)18-40-30(37)31(25,38)4-2/h5,7-10,13-15,35,38H,3-4,6,11-12,16-18H2,1-2H3/q+1/t31-/m0/s1. The Balaban J connectivity index is 1.31. The predicted molar refractivity (Wildman–Crippen MR) is 147 cm³/mol. The van der Waals surface area contributed by atoms with E-state index >= 15 is 0 Å². The molecule has 0 saturated carbocycles. The van der Waals surface area contributed by atoms with Crippen molar-refractivity contribution >= 4 is 16.9 Å². The summed E-state index contributed by atoms with van der Waals surface area (Å²) in [6.07, 6.45) is 5.56. The van der Waals surface area contributed by atoms with Crippen molar-refractivity contribution in [1.29, 1.82) is 0 Å². The highest BCUT2D eigenvalue weighted by Gasteiger charge is 2.45. The minimum Gasteiger partial charge on any atom is -0.493 e. The minimum atomic E-state index is -1.85. The molecular weight excluding hydrogens is 510 g/mol. The molecule has 0 bridgehead atoms. The molecule has 0 saturated heterocycles. The Morgan fingerprint density at radius 3 is 2.80 bits per heavy atom. The second-order valence-electron chi connectivity index (χ2n) is 10.4. The number of aryl methyl sites for hydroxylation is 2. The van der Waals surface area contributed by atoms with E-state index in [9.17, 15) is 19.8 Å². The molecule has 6 rings (SSSR count). The van der Waals surface area contributed by atoms with Crippen molar-refractivity contribution < 1.29 is 29.0 Å². The third kappa shape index (κ3) is 4.17. The molecule has 0 unspecified atom stereocenters. The Morgan fingerprint density at radius 1 is 1.18 bits per heavy atom. The number of pyridine rings is 3. The Kier molecular flexibility index (Phi) is 6.64. The molecule has 3 aromatic heterocycles. The molecule has 1 atom stereocenters. The zero-order valence-electron chi connectivity index (χ0n) is 22.6. The van der Waals surface area contributed by atoms with Gasteiger partial charge in [0.05, 0.1) is 42.2 Å². The SMILES string of the molecule is CCc1c2c(nc3ccc(OCCC[n+]4cccc(CO)c4)cc13)-c1cc3c(c(=O)n1C2)COC(=O)[C@]3(O)CC. The third-order valence-electron chi connectivity index (χ3n) is 8.06. The van der Waals surface area contributed by atoms with Gasteiger partial charge in [0, 0.05) is 34.6 Å². The van der Waals surface area contributed by atoms with Gasteiger partial charge in [-0.25, -0.2) is 14.3 Å². The number of rotatable bonds is 8. The second kappa shape index (κ2) is 10.1. The van der Waals surface area contributed by atoms with Gasteiger partial charge in [-0.3, -0.25) is 4.79 Å². The highest BCUT2D eigenvalue weighted by Crippen LogP contribution is 2.40. The van der Waals surface area contributed by atoms with Crippen molar-refractivity contribution in [2.45, 2.75) is 65.0 Å². The maximum absolute atomic E-state index is 13.5. The molecule has 9 nitrogen and oxygen atoms in total. The molecule has 206 valence electrons. The number of fused-ring (bicyclic) bond motifs is 5. The lowest BCUT2D eigenvalue weighted by Crippen LogP contribution is -2.44. The number of cyclic esters (lactones) is 1. The summed E-state index contributed by atoms with van der Waals surface area (Å²) >= 11 is 0. The molecule has 0 fully saturated rings. The van der Waals surface area contributed by atoms with Gasteiger partial charge in [0.2, 0.25) is 0 Å². The van der Waals surface area contributed by atoms with E-state index < -0.39 is 11.6 Å². The van der Waals surface area contributed by atoms with E-state index in [1.165, 1.54) is 0 Å². The van der Waals surface area contributed by atoms with Crippen molar-refractivity contribution in [2.75, 3.05) is 6.61 Å². The maximum atomic E-state index is 13.5. The first-order valence-electron chi connectivity index (χ1n) is 13.7. The second-order valence-corrected chi connectivity index (χ2v) is 10.4. The molecule has 5 heterocycles. The summed E-state index contributed by atoms with van der Waals surface area (Å²) in [6, 6.07) is 11.4. The average Bonchev–Trinajstić information content (AvgIpc) is 3.35. The highest BCUT2D eigenvalue weighted by atomic mass is 16.6. The van der Waals surface area contributed by atoms with Crippen LogP contribution in [0.1, 0.15) is 54.5 Å². The van der Waals surface area contributed by atoms with E-state index in [-0.39, 0.29) is 25.2 Å². The van der Waals surface area contributed by atoms with Gasteiger partial charge in [-0.1, -0.05) is 13.8 Å². The van der Waals surface area contributed by atoms with Crippen molar-refractivity contribution in [2.24, 2.45) is 0 Å². The number of aliphatic hydroxyl groups is 2. The highest BCUT2D eigenvalue weighted by molar-refractivity contribution is 5.90. The third-order valence-corrected chi connectivity index (χ3v) is 8.06. The van der Waals surface area contributed by atoms with Crippen LogP contribution in [0.15, 0.2) is 53.6 Å². The van der Waals surface area contributed by atoms with Crippen LogP contribution in [-0.2, 0) is 47.9 Å². The van der Waals surface area contributed by atoms with Gasteiger partial charge >= 0.3 is 5.97 Å². The molecular formula is C31H32N3O6+. The number of benzene rings is 1. The maximum Gasteiger partial charge on any atom is 0.343 e. The summed E-state index contributed by atoms with van der Waals surface area (Å²) in [5.74, 6) is 0.0282. The number of ether oxygens (including phenoxy) is 2. The first kappa shape index (κ1) is 26.2. The fourth-order valence-corrected chi connectivity index (χ4v) is 5.88. The molecule has 2 aliphatic heterocycles. The lowest BCUT2D eigenvalue weighted by molar-refractivity contribution is -0.697. The van der Waals surface area contributed by atoms with Gasteiger partial charge in [-0.15, -0.1) is 0 Å². The Morgan fingerprint density at radius 2 is 2.02 bits per heavy atom. The topological polar surface area (TPSA) is 115 Å². The minimum absolute atomic E-state index is 0.0169. The lowest BCUT2D eigenvalue weighted by atomic mass is 9.86. The summed E-state index contributed by atoms with van der Waals surface area (Å²) in [5.41, 5.74) is 3.59. The molecule has 40 heavy (non-hydrogen) atoms. The first-order valence-corrected chi connectivity index (χ1v) is 13.7. The number of nitrogens with zero attached hydrogens (tertiary/aromatic N) is 3. The van der Waals surface area contributed by atoms with Crippen LogP contribution in [0.3, 0.4) is 0 Å². The molecule has 2 N–H and O–H groups in total. The van der Waals surface area contributed by atoms with Gasteiger partial charge in [0.25, 0.3) is 5.56 Å². The quantitative estimate of drug-likeness (QED) is 0.176. The van der Waals surface area contributed by atoms with E-state index in [0.717, 1.165) is 52.7 Å². The van der Waals surface area contributed by atoms with Gasteiger partial charge in [0.1, 0.15) is 12.4 Å².